The van der Waals surface area contributed by atoms with Gasteiger partial charge in [0, 0.05) is 30.9 Å². The quantitative estimate of drug-likeness (QED) is 0.689. The van der Waals surface area contributed by atoms with Crippen molar-refractivity contribution in [3.05, 3.63) is 12.4 Å². The van der Waals surface area contributed by atoms with Gasteiger partial charge in [-0.2, -0.15) is 0 Å². The standard InChI is InChI=1S/C14H24BN3O4/c1-13(2)14(3,4)22-15(21-13)11-9-16-12(17-10-11)18(5-7-19)6-8-20/h9-10,19-20H,5-8H2,1-4H3. The maximum absolute atomic E-state index is 9.05. The van der Waals surface area contributed by atoms with Crippen molar-refractivity contribution in [1.29, 1.82) is 0 Å². The highest BCUT2D eigenvalue weighted by Gasteiger charge is 2.51. The maximum atomic E-state index is 9.05. The van der Waals surface area contributed by atoms with E-state index in [2.05, 4.69) is 9.97 Å². The molecule has 0 aromatic carbocycles. The zero-order chi connectivity index (χ0) is 16.4. The second kappa shape index (κ2) is 6.50. The second-order valence-electron chi connectivity index (χ2n) is 6.34. The minimum Gasteiger partial charge on any atom is -0.399 e. The molecule has 2 N–H and O–H groups in total. The first kappa shape index (κ1) is 17.1. The zero-order valence-corrected chi connectivity index (χ0v) is 13.6. The summed E-state index contributed by atoms with van der Waals surface area (Å²) in [5.41, 5.74) is -0.0675. The first-order valence-corrected chi connectivity index (χ1v) is 7.45. The van der Waals surface area contributed by atoms with Gasteiger partial charge < -0.3 is 24.4 Å². The number of nitrogens with zero attached hydrogens (tertiary/aromatic N) is 3. The molecule has 1 fully saturated rings. The molecule has 1 aromatic rings. The van der Waals surface area contributed by atoms with E-state index in [4.69, 9.17) is 19.5 Å². The van der Waals surface area contributed by atoms with Gasteiger partial charge in [0.05, 0.1) is 24.4 Å². The molecule has 1 aliphatic rings. The third-order valence-corrected chi connectivity index (χ3v) is 4.21. The van der Waals surface area contributed by atoms with Crippen LogP contribution in [-0.2, 0) is 9.31 Å². The minimum absolute atomic E-state index is 0.0255. The van der Waals surface area contributed by atoms with Crippen LogP contribution in [0.3, 0.4) is 0 Å². The Balaban J connectivity index is 2.12. The normalized spacial score (nSPS) is 19.5. The predicted molar refractivity (Wildman–Crippen MR) is 84.1 cm³/mol. The zero-order valence-electron chi connectivity index (χ0n) is 13.6. The monoisotopic (exact) mass is 309 g/mol. The molecule has 1 aliphatic heterocycles. The Hall–Kier alpha value is -1.22. The molecule has 2 heterocycles. The van der Waals surface area contributed by atoms with Crippen LogP contribution in [0, 0.1) is 0 Å². The van der Waals surface area contributed by atoms with Crippen molar-refractivity contribution in [2.24, 2.45) is 0 Å². The molecule has 7 nitrogen and oxygen atoms in total. The molecule has 1 saturated heterocycles. The Labute approximate surface area is 131 Å². The van der Waals surface area contributed by atoms with Gasteiger partial charge in [-0.1, -0.05) is 0 Å². The molecule has 122 valence electrons. The van der Waals surface area contributed by atoms with Crippen molar-refractivity contribution in [3.63, 3.8) is 0 Å². The third kappa shape index (κ3) is 3.40. The van der Waals surface area contributed by atoms with Crippen LogP contribution in [0.2, 0.25) is 0 Å². The number of hydrogen-bond acceptors (Lipinski definition) is 7. The highest BCUT2D eigenvalue weighted by Crippen LogP contribution is 2.36. The lowest BCUT2D eigenvalue weighted by Crippen LogP contribution is -2.41. The van der Waals surface area contributed by atoms with Crippen LogP contribution >= 0.6 is 0 Å². The summed E-state index contributed by atoms with van der Waals surface area (Å²) in [5.74, 6) is 0.461. The fourth-order valence-electron chi connectivity index (χ4n) is 2.15. The summed E-state index contributed by atoms with van der Waals surface area (Å²) >= 11 is 0. The highest BCUT2D eigenvalue weighted by molar-refractivity contribution is 6.61. The molecule has 0 spiro atoms. The van der Waals surface area contributed by atoms with E-state index in [1.807, 2.05) is 27.7 Å². The number of aliphatic hydroxyl groups excluding tert-OH is 2. The van der Waals surface area contributed by atoms with Gasteiger partial charge >= 0.3 is 7.12 Å². The summed E-state index contributed by atoms with van der Waals surface area (Å²) < 4.78 is 11.9. The molecule has 0 bridgehead atoms. The van der Waals surface area contributed by atoms with Crippen LogP contribution in [0.1, 0.15) is 27.7 Å². The van der Waals surface area contributed by atoms with Crippen LogP contribution in [-0.4, -0.2) is 64.8 Å². The number of rotatable bonds is 6. The van der Waals surface area contributed by atoms with Crippen molar-refractivity contribution < 1.29 is 19.5 Å². The van der Waals surface area contributed by atoms with E-state index in [9.17, 15) is 0 Å². The van der Waals surface area contributed by atoms with Crippen molar-refractivity contribution in [3.8, 4) is 0 Å². The molecular formula is C14H24BN3O4. The van der Waals surface area contributed by atoms with Gasteiger partial charge in [0.2, 0.25) is 5.95 Å². The average Bonchev–Trinajstić information content (AvgIpc) is 2.67. The average molecular weight is 309 g/mol. The lowest BCUT2D eigenvalue weighted by Gasteiger charge is -2.32. The molecule has 22 heavy (non-hydrogen) atoms. The topological polar surface area (TPSA) is 87.9 Å². The Kier molecular flexibility index (Phi) is 5.06. The van der Waals surface area contributed by atoms with E-state index in [0.717, 1.165) is 5.46 Å². The van der Waals surface area contributed by atoms with Gasteiger partial charge in [-0.3, -0.25) is 0 Å². The highest BCUT2D eigenvalue weighted by atomic mass is 16.7. The summed E-state index contributed by atoms with van der Waals surface area (Å²) in [4.78, 5) is 10.3. The lowest BCUT2D eigenvalue weighted by molar-refractivity contribution is 0.00578. The molecule has 2 rings (SSSR count). The smallest absolute Gasteiger partial charge is 0.399 e. The number of anilines is 1. The van der Waals surface area contributed by atoms with E-state index in [0.29, 0.717) is 19.0 Å². The maximum Gasteiger partial charge on any atom is 0.498 e. The van der Waals surface area contributed by atoms with Gasteiger partial charge in [-0.25, -0.2) is 9.97 Å². The molecule has 1 aromatic heterocycles. The third-order valence-electron chi connectivity index (χ3n) is 4.21. The minimum atomic E-state index is -0.497. The molecular weight excluding hydrogens is 285 g/mol. The van der Waals surface area contributed by atoms with Crippen LogP contribution in [0.25, 0.3) is 0 Å². The summed E-state index contributed by atoms with van der Waals surface area (Å²) in [6, 6.07) is 0. The van der Waals surface area contributed by atoms with E-state index in [-0.39, 0.29) is 13.2 Å². The van der Waals surface area contributed by atoms with Gasteiger partial charge in [-0.15, -0.1) is 0 Å². The van der Waals surface area contributed by atoms with Crippen LogP contribution in [0.4, 0.5) is 5.95 Å². The fraction of sp³-hybridized carbons (Fsp3) is 0.714. The Bertz CT molecular complexity index is 473. The number of aromatic nitrogens is 2. The van der Waals surface area contributed by atoms with Crippen molar-refractivity contribution in [1.82, 2.24) is 9.97 Å². The van der Waals surface area contributed by atoms with E-state index in [1.165, 1.54) is 0 Å². The van der Waals surface area contributed by atoms with Crippen LogP contribution < -0.4 is 10.4 Å². The van der Waals surface area contributed by atoms with Gasteiger partial charge in [-0.05, 0) is 27.7 Å². The summed E-state index contributed by atoms with van der Waals surface area (Å²) in [7, 11) is -0.497. The number of hydrogen-bond donors (Lipinski definition) is 2. The van der Waals surface area contributed by atoms with E-state index >= 15 is 0 Å². The summed E-state index contributed by atoms with van der Waals surface area (Å²) in [6.07, 6.45) is 3.32. The molecule has 0 amide bonds. The Morgan fingerprint density at radius 1 is 1.00 bits per heavy atom. The predicted octanol–water partition coefficient (Wildman–Crippen LogP) is -0.433. The summed E-state index contributed by atoms with van der Waals surface area (Å²) in [5, 5.41) is 18.1. The molecule has 0 radical (unpaired) electrons. The van der Waals surface area contributed by atoms with Crippen molar-refractivity contribution in [2.45, 2.75) is 38.9 Å². The Morgan fingerprint density at radius 2 is 1.45 bits per heavy atom. The molecule has 0 aliphatic carbocycles. The SMILES string of the molecule is CC1(C)OB(c2cnc(N(CCO)CCO)nc2)OC1(C)C. The summed E-state index contributed by atoms with van der Waals surface area (Å²) in [6.45, 7) is 8.66. The fourth-order valence-corrected chi connectivity index (χ4v) is 2.15. The van der Waals surface area contributed by atoms with Crippen LogP contribution in [0.15, 0.2) is 12.4 Å². The lowest BCUT2D eigenvalue weighted by atomic mass is 9.81. The van der Waals surface area contributed by atoms with Gasteiger partial charge in [0.15, 0.2) is 0 Å². The molecule has 0 saturated carbocycles. The Morgan fingerprint density at radius 3 is 1.86 bits per heavy atom. The first-order chi connectivity index (χ1) is 10.3. The number of aliphatic hydroxyl groups is 2. The second-order valence-corrected chi connectivity index (χ2v) is 6.34. The van der Waals surface area contributed by atoms with E-state index in [1.54, 1.807) is 17.3 Å². The molecule has 0 atom stereocenters. The first-order valence-electron chi connectivity index (χ1n) is 7.45. The van der Waals surface area contributed by atoms with Crippen molar-refractivity contribution >= 4 is 18.5 Å². The van der Waals surface area contributed by atoms with Gasteiger partial charge in [0.25, 0.3) is 0 Å². The largest absolute Gasteiger partial charge is 0.498 e. The molecule has 8 heteroatoms. The van der Waals surface area contributed by atoms with Crippen molar-refractivity contribution in [2.75, 3.05) is 31.2 Å². The van der Waals surface area contributed by atoms with Gasteiger partial charge in [0.1, 0.15) is 0 Å². The molecule has 0 unspecified atom stereocenters. The van der Waals surface area contributed by atoms with Crippen LogP contribution in [0.5, 0.6) is 0 Å². The van der Waals surface area contributed by atoms with E-state index < -0.39 is 18.3 Å².